The van der Waals surface area contributed by atoms with Crippen LogP contribution in [0.15, 0.2) is 42.5 Å². The van der Waals surface area contributed by atoms with Gasteiger partial charge in [0.2, 0.25) is 0 Å². The van der Waals surface area contributed by atoms with Crippen molar-refractivity contribution in [3.05, 3.63) is 70.3 Å². The minimum absolute atomic E-state index is 0.303. The quantitative estimate of drug-likeness (QED) is 0.253. The molecule has 1 saturated heterocycles. The van der Waals surface area contributed by atoms with E-state index in [-0.39, 0.29) is 0 Å². The Morgan fingerprint density at radius 1 is 0.403 bits per heavy atom. The second-order valence-electron chi connectivity index (χ2n) is 32.7. The van der Waals surface area contributed by atoms with Crippen LogP contribution >= 0.6 is 11.8 Å². The van der Waals surface area contributed by atoms with Crippen LogP contribution in [0.5, 0.6) is 0 Å². The third-order valence-corrected chi connectivity index (χ3v) is 22.3. The van der Waals surface area contributed by atoms with Crippen LogP contribution in [0.4, 0.5) is 0 Å². The molecule has 3 unspecified atom stereocenters. The summed E-state index contributed by atoms with van der Waals surface area (Å²) in [6.07, 6.45) is 33.9. The summed E-state index contributed by atoms with van der Waals surface area (Å²) in [7, 11) is 0. The first-order valence-electron chi connectivity index (χ1n) is 31.2. The highest BCUT2D eigenvalue weighted by atomic mass is 32.2. The van der Waals surface area contributed by atoms with Crippen LogP contribution < -0.4 is 0 Å². The lowest BCUT2D eigenvalue weighted by atomic mass is 9.57. The fourth-order valence-electron chi connectivity index (χ4n) is 15.3. The number of thioether (sulfide) groups is 1. The fraction of sp³-hybridized carbons (Fsp3) is 0.831. The van der Waals surface area contributed by atoms with Crippen molar-refractivity contribution in [1.29, 1.82) is 0 Å². The Morgan fingerprint density at radius 2 is 0.889 bits per heavy atom. The van der Waals surface area contributed by atoms with E-state index in [0.29, 0.717) is 32.5 Å². The van der Waals surface area contributed by atoms with E-state index in [9.17, 15) is 0 Å². The molecule has 2 bridgehead atoms. The molecule has 12 rings (SSSR count). The number of fused-ring (bicyclic) bond motifs is 6. The summed E-state index contributed by atoms with van der Waals surface area (Å²) in [6.45, 7) is 42.8. The molecule has 1 heterocycles. The van der Waals surface area contributed by atoms with Crippen LogP contribution in [0.1, 0.15) is 274 Å². The summed E-state index contributed by atoms with van der Waals surface area (Å²) in [5.41, 5.74) is 11.7. The molecule has 10 aliphatic rings. The van der Waals surface area contributed by atoms with Gasteiger partial charge in [-0.3, -0.25) is 0 Å². The van der Waals surface area contributed by atoms with E-state index in [1.807, 2.05) is 0 Å². The van der Waals surface area contributed by atoms with Gasteiger partial charge >= 0.3 is 0 Å². The molecule has 2 aromatic carbocycles. The minimum Gasteiger partial charge on any atom is -0.162 e. The molecule has 2 aromatic rings. The van der Waals surface area contributed by atoms with E-state index >= 15 is 0 Å². The molecule has 8 fully saturated rings. The maximum atomic E-state index is 2.43. The largest absolute Gasteiger partial charge is 0.162 e. The minimum atomic E-state index is 0.303. The topological polar surface area (TPSA) is 0 Å². The summed E-state index contributed by atoms with van der Waals surface area (Å²) in [5, 5.41) is 0. The highest BCUT2D eigenvalue weighted by Crippen LogP contribution is 2.59. The summed E-state index contributed by atoms with van der Waals surface area (Å²) in [4.78, 5) is 0. The van der Waals surface area contributed by atoms with Crippen LogP contribution in [0.2, 0.25) is 0 Å². The molecule has 0 aromatic heterocycles. The monoisotopic (exact) mass is 1000 g/mol. The van der Waals surface area contributed by atoms with Crippen molar-refractivity contribution >= 4 is 11.8 Å². The molecule has 7 saturated carbocycles. The van der Waals surface area contributed by atoms with Crippen molar-refractivity contribution in [2.45, 2.75) is 278 Å². The van der Waals surface area contributed by atoms with Crippen molar-refractivity contribution in [3.63, 3.8) is 0 Å². The first-order valence-corrected chi connectivity index (χ1v) is 32.3. The lowest BCUT2D eigenvalue weighted by Gasteiger charge is -2.48. The summed E-state index contributed by atoms with van der Waals surface area (Å²) >= 11 is 2.11. The smallest absolute Gasteiger partial charge is 0.00647 e. The lowest BCUT2D eigenvalue weighted by Crippen LogP contribution is -2.38. The van der Waals surface area contributed by atoms with E-state index in [1.165, 1.54) is 152 Å². The molecule has 1 spiro atoms. The van der Waals surface area contributed by atoms with Gasteiger partial charge in [-0.25, -0.2) is 0 Å². The normalized spacial score (nSPS) is 28.0. The molecule has 0 nitrogen and oxygen atoms in total. The van der Waals surface area contributed by atoms with E-state index < -0.39 is 0 Å². The van der Waals surface area contributed by atoms with Crippen LogP contribution in [0.3, 0.4) is 0 Å². The van der Waals surface area contributed by atoms with Gasteiger partial charge in [-0.15, -0.1) is 0 Å². The van der Waals surface area contributed by atoms with Crippen LogP contribution in [0, 0.1) is 85.8 Å². The van der Waals surface area contributed by atoms with Crippen molar-refractivity contribution < 1.29 is 0 Å². The Labute approximate surface area is 454 Å². The molecule has 3 atom stereocenters. The third kappa shape index (κ3) is 17.7. The average Bonchev–Trinajstić information content (AvgIpc) is 3.82. The van der Waals surface area contributed by atoms with E-state index in [0.717, 1.165) is 58.7 Å². The van der Waals surface area contributed by atoms with Gasteiger partial charge in [0.15, 0.2) is 0 Å². The SMILES string of the molecule is CC(C)(C)C1CC2CCC1CC2.CC(C)(C)C1CC2CCCC2C1.CC(C)(C)C1CCC2(CC1)CC2.CC(C)(C)C1CCSCC1.CC(C)(C)C1Cc2ccccc2C1.CC(C)(C)c1ccc2c(c1)CCC2. The first kappa shape index (κ1) is 60.0. The summed E-state index contributed by atoms with van der Waals surface area (Å²) in [5.74, 6) is 12.1. The second kappa shape index (κ2) is 24.6. The molecule has 1 heteroatoms. The van der Waals surface area contributed by atoms with Crippen LogP contribution in [-0.4, -0.2) is 11.5 Å². The van der Waals surface area contributed by atoms with Gasteiger partial charge in [0.05, 0.1) is 0 Å². The zero-order valence-corrected chi connectivity index (χ0v) is 52.1. The first-order chi connectivity index (χ1) is 33.4. The number of hydrogen-bond donors (Lipinski definition) is 0. The molecule has 72 heavy (non-hydrogen) atoms. The Kier molecular flexibility index (Phi) is 20.5. The maximum Gasteiger partial charge on any atom is -0.00647 e. The van der Waals surface area contributed by atoms with E-state index in [4.69, 9.17) is 0 Å². The summed E-state index contributed by atoms with van der Waals surface area (Å²) in [6, 6.07) is 15.9. The highest BCUT2D eigenvalue weighted by Gasteiger charge is 2.46. The van der Waals surface area contributed by atoms with Crippen molar-refractivity contribution in [2.24, 2.45) is 85.8 Å². The standard InChI is InChI=1S/2C13H18.3C12H22.C9H18S/c1-13(2,3)12-8-7-10-5-4-6-11(10)9-12;1-13(2,3)12-8-10-6-4-5-7-11(10)9-12;1-11(2,3)10-4-6-12(7-5-10)8-9-12;1-12(2,3)11-8-9-4-6-10(11)7-5-9;1-12(2,3)11-7-9-5-4-6-10(9)8-11;1-9(2,3)8-4-6-10-7-5-8/h7-9H,4-6H2,1-3H3;4-7,12H,8-9H2,1-3H3;10H,4-9H2,1-3H3;2*9-11H,4-8H2,1-3H3;8H,4-7H2,1-3H3. The second-order valence-corrected chi connectivity index (χ2v) is 33.9. The Bertz CT molecular complexity index is 1870. The molecule has 1 aliphatic heterocycles. The third-order valence-electron chi connectivity index (χ3n) is 21.3. The molecular weight excluding hydrogens is 885 g/mol. The Balaban J connectivity index is 0.000000141. The average molecular weight is 1010 g/mol. The van der Waals surface area contributed by atoms with Gasteiger partial charge in [0, 0.05) is 0 Å². The van der Waals surface area contributed by atoms with Crippen LogP contribution in [0.25, 0.3) is 0 Å². The zero-order valence-electron chi connectivity index (χ0n) is 51.3. The van der Waals surface area contributed by atoms with Crippen LogP contribution in [-0.2, 0) is 31.1 Å². The molecule has 0 amide bonds. The highest BCUT2D eigenvalue weighted by molar-refractivity contribution is 7.99. The maximum absolute atomic E-state index is 2.43. The molecule has 9 aliphatic carbocycles. The molecule has 0 radical (unpaired) electrons. The number of hydrogen-bond acceptors (Lipinski definition) is 1. The van der Waals surface area contributed by atoms with Gasteiger partial charge in [-0.2, -0.15) is 11.8 Å². The van der Waals surface area contributed by atoms with Crippen molar-refractivity contribution in [2.75, 3.05) is 11.5 Å². The fourth-order valence-corrected chi connectivity index (χ4v) is 16.4. The Hall–Kier alpha value is -1.21. The van der Waals surface area contributed by atoms with Gasteiger partial charge in [-0.05, 0) is 246 Å². The molecule has 410 valence electrons. The van der Waals surface area contributed by atoms with Gasteiger partial charge < -0.3 is 0 Å². The zero-order chi connectivity index (χ0) is 52.9. The molecular formula is C71H120S. The number of aryl methyl sites for hydroxylation is 2. The van der Waals surface area contributed by atoms with Gasteiger partial charge in [0.25, 0.3) is 0 Å². The van der Waals surface area contributed by atoms with Crippen molar-refractivity contribution in [1.82, 2.24) is 0 Å². The summed E-state index contributed by atoms with van der Waals surface area (Å²) < 4.78 is 0. The predicted octanol–water partition coefficient (Wildman–Crippen LogP) is 21.8. The predicted molar refractivity (Wildman–Crippen MR) is 323 cm³/mol. The van der Waals surface area contributed by atoms with Gasteiger partial charge in [0.1, 0.15) is 0 Å². The van der Waals surface area contributed by atoms with E-state index in [2.05, 4.69) is 179 Å². The van der Waals surface area contributed by atoms with Crippen molar-refractivity contribution in [3.8, 4) is 0 Å². The van der Waals surface area contributed by atoms with E-state index in [1.54, 1.807) is 35.1 Å². The lowest BCUT2D eigenvalue weighted by molar-refractivity contribution is 0.0250. The van der Waals surface area contributed by atoms with Gasteiger partial charge in [-0.1, -0.05) is 199 Å². The molecule has 0 N–H and O–H groups in total. The Morgan fingerprint density at radius 3 is 1.29 bits per heavy atom. The number of rotatable bonds is 0. The number of benzene rings is 2.